The Kier molecular flexibility index (Phi) is 7.73. The number of benzene rings is 2. The van der Waals surface area contributed by atoms with Gasteiger partial charge in [-0.15, -0.1) is 0 Å². The van der Waals surface area contributed by atoms with E-state index in [1.54, 1.807) is 18.2 Å². The molecule has 0 unspecified atom stereocenters. The zero-order valence-electron chi connectivity index (χ0n) is 15.1. The number of aryl methyl sites for hydroxylation is 1. The van der Waals surface area contributed by atoms with Crippen LogP contribution in [0.1, 0.15) is 17.5 Å². The molecular formula is C20H22F2N2O3. The van der Waals surface area contributed by atoms with Gasteiger partial charge in [-0.05, 0) is 41.8 Å². The van der Waals surface area contributed by atoms with Crippen LogP contribution in [0, 0.1) is 11.6 Å². The third-order valence-corrected chi connectivity index (χ3v) is 3.90. The highest BCUT2D eigenvalue weighted by Crippen LogP contribution is 2.18. The number of halogens is 2. The average Bonchev–Trinajstić information content (AvgIpc) is 2.65. The minimum atomic E-state index is -0.459. The number of methoxy groups -OCH3 is 1. The van der Waals surface area contributed by atoms with Crippen LogP contribution >= 0.6 is 0 Å². The molecule has 0 fully saturated rings. The number of rotatable bonds is 9. The summed E-state index contributed by atoms with van der Waals surface area (Å²) < 4.78 is 31.2. The zero-order valence-corrected chi connectivity index (χ0v) is 15.1. The molecule has 27 heavy (non-hydrogen) atoms. The molecule has 2 aromatic rings. The topological polar surface area (TPSA) is 67.4 Å². The van der Waals surface area contributed by atoms with Gasteiger partial charge in [0.1, 0.15) is 5.82 Å². The van der Waals surface area contributed by atoms with Crippen LogP contribution in [0.2, 0.25) is 0 Å². The fraction of sp³-hybridized carbons (Fsp3) is 0.300. The first-order valence-corrected chi connectivity index (χ1v) is 8.58. The summed E-state index contributed by atoms with van der Waals surface area (Å²) in [6, 6.07) is 10.3. The second kappa shape index (κ2) is 10.3. The maximum absolute atomic E-state index is 13.6. The van der Waals surface area contributed by atoms with Gasteiger partial charge in [0.25, 0.3) is 0 Å². The van der Waals surface area contributed by atoms with Gasteiger partial charge in [-0.25, -0.2) is 8.78 Å². The van der Waals surface area contributed by atoms with Crippen molar-refractivity contribution in [1.82, 2.24) is 10.6 Å². The van der Waals surface area contributed by atoms with Gasteiger partial charge in [0, 0.05) is 19.5 Å². The minimum Gasteiger partial charge on any atom is -0.494 e. The van der Waals surface area contributed by atoms with Crippen LogP contribution in [0.3, 0.4) is 0 Å². The largest absolute Gasteiger partial charge is 0.494 e. The average molecular weight is 376 g/mol. The van der Waals surface area contributed by atoms with Crippen molar-refractivity contribution in [2.75, 3.05) is 20.2 Å². The van der Waals surface area contributed by atoms with Crippen LogP contribution in [0.15, 0.2) is 42.5 Å². The Morgan fingerprint density at radius 2 is 1.56 bits per heavy atom. The van der Waals surface area contributed by atoms with Crippen molar-refractivity contribution in [2.24, 2.45) is 0 Å². The van der Waals surface area contributed by atoms with Gasteiger partial charge in [-0.3, -0.25) is 9.59 Å². The Balaban J connectivity index is 1.62. The number of carbonyl (C=O) groups is 2. The molecule has 2 amide bonds. The first kappa shape index (κ1) is 20.4. The molecule has 0 bridgehead atoms. The van der Waals surface area contributed by atoms with Gasteiger partial charge >= 0.3 is 0 Å². The smallest absolute Gasteiger partial charge is 0.224 e. The summed E-state index contributed by atoms with van der Waals surface area (Å²) in [6.07, 6.45) is 0.774. The molecule has 0 atom stereocenters. The second-order valence-corrected chi connectivity index (χ2v) is 5.97. The van der Waals surface area contributed by atoms with E-state index in [1.165, 1.54) is 31.4 Å². The molecule has 144 valence electrons. The van der Waals surface area contributed by atoms with E-state index < -0.39 is 5.82 Å². The summed E-state index contributed by atoms with van der Waals surface area (Å²) in [5, 5.41) is 5.38. The molecule has 0 saturated carbocycles. The van der Waals surface area contributed by atoms with E-state index in [-0.39, 0.29) is 36.2 Å². The highest BCUT2D eigenvalue weighted by molar-refractivity contribution is 5.79. The van der Waals surface area contributed by atoms with Crippen molar-refractivity contribution >= 4 is 11.8 Å². The third-order valence-electron chi connectivity index (χ3n) is 3.90. The molecular weight excluding hydrogens is 354 g/mol. The Morgan fingerprint density at radius 3 is 2.19 bits per heavy atom. The van der Waals surface area contributed by atoms with Crippen molar-refractivity contribution in [3.63, 3.8) is 0 Å². The number of nitrogens with one attached hydrogen (secondary N) is 2. The van der Waals surface area contributed by atoms with E-state index in [0.29, 0.717) is 30.6 Å². The SMILES string of the molecule is COc1ccc(CCC(=O)NCCNC(=O)Cc2ccc(F)cc2)cc1F. The Morgan fingerprint density at radius 1 is 0.926 bits per heavy atom. The van der Waals surface area contributed by atoms with Crippen LogP contribution in [-0.2, 0) is 22.4 Å². The maximum atomic E-state index is 13.6. The van der Waals surface area contributed by atoms with Crippen LogP contribution in [0.25, 0.3) is 0 Å². The number of hydrogen-bond donors (Lipinski definition) is 2. The van der Waals surface area contributed by atoms with E-state index in [4.69, 9.17) is 4.74 Å². The summed E-state index contributed by atoms with van der Waals surface area (Å²) in [6.45, 7) is 0.591. The molecule has 0 saturated heterocycles. The molecule has 2 N–H and O–H groups in total. The molecule has 0 aliphatic heterocycles. The Hall–Kier alpha value is -2.96. The lowest BCUT2D eigenvalue weighted by atomic mass is 10.1. The lowest BCUT2D eigenvalue weighted by molar-refractivity contribution is -0.122. The van der Waals surface area contributed by atoms with Gasteiger partial charge in [-0.2, -0.15) is 0 Å². The lowest BCUT2D eigenvalue weighted by Gasteiger charge is -2.08. The van der Waals surface area contributed by atoms with Crippen LogP contribution in [0.4, 0.5) is 8.78 Å². The molecule has 2 rings (SSSR count). The molecule has 0 aliphatic rings. The third kappa shape index (κ3) is 7.05. The maximum Gasteiger partial charge on any atom is 0.224 e. The van der Waals surface area contributed by atoms with Crippen molar-refractivity contribution in [2.45, 2.75) is 19.3 Å². The number of carbonyl (C=O) groups excluding carboxylic acids is 2. The predicted molar refractivity (Wildman–Crippen MR) is 97.4 cm³/mol. The molecule has 5 nitrogen and oxygen atoms in total. The number of hydrogen-bond acceptors (Lipinski definition) is 3. The van der Waals surface area contributed by atoms with E-state index in [1.807, 2.05) is 0 Å². The number of ether oxygens (including phenoxy) is 1. The molecule has 0 spiro atoms. The quantitative estimate of drug-likeness (QED) is 0.661. The van der Waals surface area contributed by atoms with E-state index in [9.17, 15) is 18.4 Å². The first-order valence-electron chi connectivity index (χ1n) is 8.58. The predicted octanol–water partition coefficient (Wildman–Crippen LogP) is 2.38. The molecule has 7 heteroatoms. The minimum absolute atomic E-state index is 0.150. The van der Waals surface area contributed by atoms with Gasteiger partial charge < -0.3 is 15.4 Å². The summed E-state index contributed by atoms with van der Waals surface area (Å²) in [7, 11) is 1.39. The normalized spacial score (nSPS) is 10.3. The van der Waals surface area contributed by atoms with Gasteiger partial charge in [0.15, 0.2) is 11.6 Å². The monoisotopic (exact) mass is 376 g/mol. The van der Waals surface area contributed by atoms with E-state index in [0.717, 1.165) is 0 Å². The number of amides is 2. The van der Waals surface area contributed by atoms with Crippen LogP contribution < -0.4 is 15.4 Å². The van der Waals surface area contributed by atoms with Crippen molar-refractivity contribution < 1.29 is 23.1 Å². The van der Waals surface area contributed by atoms with Crippen LogP contribution in [-0.4, -0.2) is 32.0 Å². The fourth-order valence-corrected chi connectivity index (χ4v) is 2.47. The highest BCUT2D eigenvalue weighted by Gasteiger charge is 2.07. The summed E-state index contributed by atoms with van der Waals surface area (Å²) in [5.74, 6) is -1.03. The molecule has 0 aromatic heterocycles. The Labute approximate surface area is 156 Å². The van der Waals surface area contributed by atoms with E-state index in [2.05, 4.69) is 10.6 Å². The summed E-state index contributed by atoms with van der Waals surface area (Å²) in [5.41, 5.74) is 1.42. The first-order chi connectivity index (χ1) is 13.0. The van der Waals surface area contributed by atoms with Crippen molar-refractivity contribution in [3.05, 3.63) is 65.2 Å². The molecule has 0 radical (unpaired) electrons. The summed E-state index contributed by atoms with van der Waals surface area (Å²) in [4.78, 5) is 23.6. The van der Waals surface area contributed by atoms with Gasteiger partial charge in [-0.1, -0.05) is 18.2 Å². The zero-order chi connectivity index (χ0) is 19.6. The van der Waals surface area contributed by atoms with Crippen LogP contribution in [0.5, 0.6) is 5.75 Å². The van der Waals surface area contributed by atoms with Gasteiger partial charge in [0.05, 0.1) is 13.5 Å². The molecule has 0 aliphatic carbocycles. The van der Waals surface area contributed by atoms with Crippen molar-refractivity contribution in [1.29, 1.82) is 0 Å². The summed E-state index contributed by atoms with van der Waals surface area (Å²) >= 11 is 0. The second-order valence-electron chi connectivity index (χ2n) is 5.97. The fourth-order valence-electron chi connectivity index (χ4n) is 2.47. The molecule has 0 heterocycles. The lowest BCUT2D eigenvalue weighted by Crippen LogP contribution is -2.35. The highest BCUT2D eigenvalue weighted by atomic mass is 19.1. The molecule has 2 aromatic carbocycles. The Bertz CT molecular complexity index is 779. The van der Waals surface area contributed by atoms with E-state index >= 15 is 0 Å². The standard InChI is InChI=1S/C20H22F2N2O3/c1-27-18-8-4-14(12-17(18)22)5-9-19(25)23-10-11-24-20(26)13-15-2-6-16(21)7-3-15/h2-4,6-8,12H,5,9-11,13H2,1H3,(H,23,25)(H,24,26). The van der Waals surface area contributed by atoms with Crippen molar-refractivity contribution in [3.8, 4) is 5.75 Å². The van der Waals surface area contributed by atoms with Gasteiger partial charge in [0.2, 0.25) is 11.8 Å².